The Hall–Kier alpha value is -1.55. The van der Waals surface area contributed by atoms with Crippen molar-refractivity contribution in [2.24, 2.45) is 5.92 Å². The van der Waals surface area contributed by atoms with Crippen LogP contribution in [0.2, 0.25) is 0 Å². The number of ether oxygens (including phenoxy) is 3. The summed E-state index contributed by atoms with van der Waals surface area (Å²) < 4.78 is 15.6. The molecule has 0 unspecified atom stereocenters. The molecular formula is C14H18O4. The smallest absolute Gasteiger partial charge is 0.312 e. The summed E-state index contributed by atoms with van der Waals surface area (Å²) in [7, 11) is 1.65. The third kappa shape index (κ3) is 3.01. The van der Waals surface area contributed by atoms with E-state index < -0.39 is 0 Å². The highest BCUT2D eigenvalue weighted by Gasteiger charge is 2.37. The molecule has 4 nitrogen and oxygen atoms in total. The molecule has 0 aromatic heterocycles. The Labute approximate surface area is 107 Å². The number of esters is 1. The molecule has 1 aromatic rings. The van der Waals surface area contributed by atoms with Crippen molar-refractivity contribution in [1.82, 2.24) is 0 Å². The minimum atomic E-state index is -0.102. The molecule has 2 atom stereocenters. The highest BCUT2D eigenvalue weighted by molar-refractivity contribution is 5.77. The van der Waals surface area contributed by atoms with Gasteiger partial charge in [-0.2, -0.15) is 0 Å². The minimum Gasteiger partial charge on any atom is -0.497 e. The molecular weight excluding hydrogens is 232 g/mol. The van der Waals surface area contributed by atoms with Gasteiger partial charge in [0.15, 0.2) is 0 Å². The van der Waals surface area contributed by atoms with Crippen LogP contribution in [0.15, 0.2) is 24.3 Å². The third-order valence-corrected chi connectivity index (χ3v) is 3.17. The van der Waals surface area contributed by atoms with Crippen molar-refractivity contribution < 1.29 is 19.0 Å². The SMILES string of the molecule is COc1ccc(COCC[C@H]2OC(=O)[C@H]2C)cc1. The van der Waals surface area contributed by atoms with Crippen molar-refractivity contribution >= 4 is 5.97 Å². The summed E-state index contributed by atoms with van der Waals surface area (Å²) in [5.41, 5.74) is 1.11. The average Bonchev–Trinajstić information content (AvgIpc) is 2.42. The van der Waals surface area contributed by atoms with Crippen molar-refractivity contribution in [2.75, 3.05) is 13.7 Å². The number of hydrogen-bond donors (Lipinski definition) is 0. The highest BCUT2D eigenvalue weighted by Crippen LogP contribution is 2.24. The van der Waals surface area contributed by atoms with E-state index in [0.717, 1.165) is 17.7 Å². The second-order valence-electron chi connectivity index (χ2n) is 4.45. The average molecular weight is 250 g/mol. The maximum Gasteiger partial charge on any atom is 0.312 e. The van der Waals surface area contributed by atoms with Crippen molar-refractivity contribution in [3.8, 4) is 5.75 Å². The minimum absolute atomic E-state index is 0.0228. The molecule has 1 aromatic carbocycles. The summed E-state index contributed by atoms with van der Waals surface area (Å²) >= 11 is 0. The Balaban J connectivity index is 1.64. The van der Waals surface area contributed by atoms with E-state index in [4.69, 9.17) is 14.2 Å². The number of carbonyl (C=O) groups is 1. The number of rotatable bonds is 6. The molecule has 1 aliphatic heterocycles. The van der Waals surface area contributed by atoms with E-state index in [1.807, 2.05) is 31.2 Å². The van der Waals surface area contributed by atoms with Crippen LogP contribution in [0.25, 0.3) is 0 Å². The van der Waals surface area contributed by atoms with Gasteiger partial charge in [0, 0.05) is 6.42 Å². The fourth-order valence-corrected chi connectivity index (χ4v) is 1.86. The van der Waals surface area contributed by atoms with Crippen molar-refractivity contribution in [3.63, 3.8) is 0 Å². The first-order chi connectivity index (χ1) is 8.70. The van der Waals surface area contributed by atoms with Gasteiger partial charge in [0.25, 0.3) is 0 Å². The predicted molar refractivity (Wildman–Crippen MR) is 66.3 cm³/mol. The summed E-state index contributed by atoms with van der Waals surface area (Å²) in [6.45, 7) is 3.06. The van der Waals surface area contributed by atoms with Crippen LogP contribution in [-0.4, -0.2) is 25.8 Å². The second kappa shape index (κ2) is 5.87. The van der Waals surface area contributed by atoms with Crippen LogP contribution in [0, 0.1) is 5.92 Å². The first-order valence-electron chi connectivity index (χ1n) is 6.12. The molecule has 0 N–H and O–H groups in total. The first kappa shape index (κ1) is 12.9. The lowest BCUT2D eigenvalue weighted by molar-refractivity contribution is -0.184. The lowest BCUT2D eigenvalue weighted by Crippen LogP contribution is -2.43. The molecule has 1 aliphatic rings. The maximum atomic E-state index is 10.9. The van der Waals surface area contributed by atoms with Crippen molar-refractivity contribution in [3.05, 3.63) is 29.8 Å². The Bertz CT molecular complexity index is 399. The zero-order valence-electron chi connectivity index (χ0n) is 10.7. The van der Waals surface area contributed by atoms with E-state index in [9.17, 15) is 4.79 Å². The number of hydrogen-bond acceptors (Lipinski definition) is 4. The molecule has 98 valence electrons. The van der Waals surface area contributed by atoms with Gasteiger partial charge in [-0.1, -0.05) is 12.1 Å². The normalized spacial score (nSPS) is 22.2. The molecule has 4 heteroatoms. The predicted octanol–water partition coefficient (Wildman–Crippen LogP) is 2.16. The molecule has 1 saturated heterocycles. The molecule has 0 aliphatic carbocycles. The zero-order valence-corrected chi connectivity index (χ0v) is 10.7. The Morgan fingerprint density at radius 3 is 2.56 bits per heavy atom. The molecule has 0 bridgehead atoms. The van der Waals surface area contributed by atoms with Crippen LogP contribution < -0.4 is 4.74 Å². The van der Waals surface area contributed by atoms with Gasteiger partial charge < -0.3 is 14.2 Å². The van der Waals surface area contributed by atoms with Gasteiger partial charge in [-0.25, -0.2) is 0 Å². The lowest BCUT2D eigenvalue weighted by atomic mass is 9.97. The van der Waals surface area contributed by atoms with Gasteiger partial charge in [-0.15, -0.1) is 0 Å². The Morgan fingerprint density at radius 2 is 2.00 bits per heavy atom. The quantitative estimate of drug-likeness (QED) is 0.573. The van der Waals surface area contributed by atoms with Gasteiger partial charge >= 0.3 is 5.97 Å². The molecule has 18 heavy (non-hydrogen) atoms. The number of benzene rings is 1. The van der Waals surface area contributed by atoms with E-state index in [1.165, 1.54) is 0 Å². The van der Waals surface area contributed by atoms with Gasteiger partial charge in [-0.05, 0) is 24.6 Å². The topological polar surface area (TPSA) is 44.8 Å². The molecule has 2 rings (SSSR count). The van der Waals surface area contributed by atoms with Gasteiger partial charge in [0.1, 0.15) is 11.9 Å². The molecule has 0 spiro atoms. The van der Waals surface area contributed by atoms with Crippen LogP contribution in [-0.2, 0) is 20.9 Å². The molecule has 0 saturated carbocycles. The van der Waals surface area contributed by atoms with E-state index >= 15 is 0 Å². The highest BCUT2D eigenvalue weighted by atomic mass is 16.6. The Kier molecular flexibility index (Phi) is 4.20. The summed E-state index contributed by atoms with van der Waals surface area (Å²) in [5, 5.41) is 0. The first-order valence-corrected chi connectivity index (χ1v) is 6.12. The third-order valence-electron chi connectivity index (χ3n) is 3.17. The monoisotopic (exact) mass is 250 g/mol. The summed E-state index contributed by atoms with van der Waals surface area (Å²) in [5.74, 6) is 0.763. The summed E-state index contributed by atoms with van der Waals surface area (Å²) in [6.07, 6.45) is 0.802. The van der Waals surface area contributed by atoms with Gasteiger partial charge in [-0.3, -0.25) is 4.79 Å². The molecule has 1 fully saturated rings. The van der Waals surface area contributed by atoms with Gasteiger partial charge in [0.05, 0.1) is 26.2 Å². The number of cyclic esters (lactones) is 1. The zero-order chi connectivity index (χ0) is 13.0. The molecule has 0 amide bonds. The lowest BCUT2D eigenvalue weighted by Gasteiger charge is -2.32. The molecule has 0 radical (unpaired) electrons. The fourth-order valence-electron chi connectivity index (χ4n) is 1.86. The second-order valence-corrected chi connectivity index (χ2v) is 4.45. The van der Waals surface area contributed by atoms with E-state index in [-0.39, 0.29) is 18.0 Å². The standard InChI is InChI=1S/C14H18O4/c1-10-13(18-14(10)15)7-8-17-9-11-3-5-12(16-2)6-4-11/h3-6,10,13H,7-9H2,1-2H3/t10-,13+/m0/s1. The Morgan fingerprint density at radius 1 is 1.28 bits per heavy atom. The maximum absolute atomic E-state index is 10.9. The molecule has 1 heterocycles. The van der Waals surface area contributed by atoms with Crippen LogP contribution >= 0.6 is 0 Å². The van der Waals surface area contributed by atoms with Crippen LogP contribution in [0.1, 0.15) is 18.9 Å². The van der Waals surface area contributed by atoms with Gasteiger partial charge in [0.2, 0.25) is 0 Å². The van der Waals surface area contributed by atoms with E-state index in [0.29, 0.717) is 13.2 Å². The summed E-state index contributed by atoms with van der Waals surface area (Å²) in [6, 6.07) is 7.78. The van der Waals surface area contributed by atoms with E-state index in [1.54, 1.807) is 7.11 Å². The van der Waals surface area contributed by atoms with Crippen LogP contribution in [0.3, 0.4) is 0 Å². The van der Waals surface area contributed by atoms with Crippen molar-refractivity contribution in [2.45, 2.75) is 26.1 Å². The number of carbonyl (C=O) groups excluding carboxylic acids is 1. The van der Waals surface area contributed by atoms with Crippen LogP contribution in [0.5, 0.6) is 5.75 Å². The fraction of sp³-hybridized carbons (Fsp3) is 0.500. The van der Waals surface area contributed by atoms with Crippen LogP contribution in [0.4, 0.5) is 0 Å². The van der Waals surface area contributed by atoms with E-state index in [2.05, 4.69) is 0 Å². The summed E-state index contributed by atoms with van der Waals surface area (Å²) in [4.78, 5) is 10.9. The van der Waals surface area contributed by atoms with Crippen molar-refractivity contribution in [1.29, 1.82) is 0 Å². The number of methoxy groups -OCH3 is 1. The largest absolute Gasteiger partial charge is 0.497 e.